The normalized spacial score (nSPS) is 10.1. The van der Waals surface area contributed by atoms with Crippen molar-refractivity contribution in [3.05, 3.63) is 24.3 Å². The third kappa shape index (κ3) is 6.01. The van der Waals surface area contributed by atoms with Gasteiger partial charge in [0.1, 0.15) is 10.1 Å². The Morgan fingerprint density at radius 1 is 1.28 bits per heavy atom. The van der Waals surface area contributed by atoms with Gasteiger partial charge in [-0.15, -0.1) is 11.3 Å². The molecule has 0 saturated carbocycles. The van der Waals surface area contributed by atoms with Gasteiger partial charge < -0.3 is 4.55 Å². The molecule has 4 nitrogen and oxygen atoms in total. The maximum atomic E-state index is 10.4. The van der Waals surface area contributed by atoms with Crippen LogP contribution < -0.4 is 29.6 Å². The summed E-state index contributed by atoms with van der Waals surface area (Å²) in [5.41, 5.74) is 0.827. The van der Waals surface area contributed by atoms with Gasteiger partial charge in [0.05, 0.1) is 15.3 Å². The summed E-state index contributed by atoms with van der Waals surface area (Å²) in [5.74, 6) is 0. The summed E-state index contributed by atoms with van der Waals surface area (Å²) in [4.78, 5) is 4.19. The number of hydrogen-bond acceptors (Lipinski definition) is 6. The van der Waals surface area contributed by atoms with E-state index < -0.39 is 15.2 Å². The van der Waals surface area contributed by atoms with Gasteiger partial charge in [0.2, 0.25) is 0 Å². The fourth-order valence-electron chi connectivity index (χ4n) is 1.04. The Labute approximate surface area is 138 Å². The van der Waals surface area contributed by atoms with Gasteiger partial charge in [0, 0.05) is 0 Å². The zero-order valence-electron chi connectivity index (χ0n) is 8.41. The maximum absolute atomic E-state index is 10.4. The van der Waals surface area contributed by atoms with E-state index >= 15 is 0 Å². The van der Waals surface area contributed by atoms with Crippen molar-refractivity contribution in [3.8, 4) is 0 Å². The van der Waals surface area contributed by atoms with Crippen molar-refractivity contribution in [1.29, 1.82) is 0 Å². The molecule has 0 N–H and O–H groups in total. The molecule has 0 spiro atoms. The van der Waals surface area contributed by atoms with E-state index in [1.165, 1.54) is 11.3 Å². The molecule has 18 heavy (non-hydrogen) atoms. The van der Waals surface area contributed by atoms with Crippen LogP contribution in [0.2, 0.25) is 0 Å². The van der Waals surface area contributed by atoms with E-state index in [1.54, 1.807) is 0 Å². The molecular weight excluding hydrogens is 301 g/mol. The van der Waals surface area contributed by atoms with Crippen molar-refractivity contribution >= 4 is 43.4 Å². The minimum atomic E-state index is -4.18. The number of benzene rings is 1. The summed E-state index contributed by atoms with van der Waals surface area (Å²) in [7, 11) is -4.18. The molecule has 0 aliphatic heterocycles. The van der Waals surface area contributed by atoms with E-state index in [0.29, 0.717) is 4.34 Å². The van der Waals surface area contributed by atoms with Gasteiger partial charge in [0.15, 0.2) is 4.34 Å². The number of hydrogen-bond donors (Lipinski definition) is 0. The Kier molecular flexibility index (Phi) is 9.79. The number of fused-ring (bicyclic) bond motifs is 1. The molecule has 0 aliphatic rings. The molecule has 0 aliphatic carbocycles. The summed E-state index contributed by atoms with van der Waals surface area (Å²) in [6.07, 6.45) is 0. The Morgan fingerprint density at radius 2 is 1.89 bits per heavy atom. The summed E-state index contributed by atoms with van der Waals surface area (Å²) >= 11 is 2.35. The SMILES string of the molecule is C.C.O=S(=O)([O-])CSc1nc2ccccc2s1.[Na+]. The largest absolute Gasteiger partial charge is 1.00 e. The average Bonchev–Trinajstić information content (AvgIpc) is 2.56. The van der Waals surface area contributed by atoms with E-state index in [2.05, 4.69) is 4.98 Å². The first-order chi connectivity index (χ1) is 7.04. The second-order valence-corrected chi connectivity index (χ2v) is 6.79. The molecule has 2 rings (SSSR count). The van der Waals surface area contributed by atoms with Gasteiger partial charge >= 0.3 is 29.6 Å². The molecule has 0 atom stereocenters. The Morgan fingerprint density at radius 3 is 2.44 bits per heavy atom. The maximum Gasteiger partial charge on any atom is 1.00 e. The van der Waals surface area contributed by atoms with Crippen LogP contribution >= 0.6 is 23.1 Å². The molecule has 0 amide bonds. The van der Waals surface area contributed by atoms with Crippen molar-refractivity contribution in [2.24, 2.45) is 0 Å². The van der Waals surface area contributed by atoms with Crippen LogP contribution in [-0.2, 0) is 10.1 Å². The number of thioether (sulfide) groups is 1. The predicted molar refractivity (Wildman–Crippen MR) is 73.5 cm³/mol. The first-order valence-corrected chi connectivity index (χ1v) is 7.34. The summed E-state index contributed by atoms with van der Waals surface area (Å²) in [6.45, 7) is 0. The zero-order valence-corrected chi connectivity index (χ0v) is 12.9. The minimum absolute atomic E-state index is 0. The van der Waals surface area contributed by atoms with Gasteiger partial charge in [-0.1, -0.05) is 38.7 Å². The molecule has 0 unspecified atom stereocenters. The molecule has 2 aromatic rings. The van der Waals surface area contributed by atoms with Gasteiger partial charge in [-0.2, -0.15) is 0 Å². The predicted octanol–water partition coefficient (Wildman–Crippen LogP) is 0.167. The van der Waals surface area contributed by atoms with E-state index in [0.717, 1.165) is 22.0 Å². The van der Waals surface area contributed by atoms with Crippen molar-refractivity contribution in [3.63, 3.8) is 0 Å². The van der Waals surface area contributed by atoms with Gasteiger partial charge in [-0.3, -0.25) is 0 Å². The first-order valence-electron chi connectivity index (χ1n) is 3.96. The number of rotatable bonds is 3. The third-order valence-electron chi connectivity index (χ3n) is 1.60. The van der Waals surface area contributed by atoms with Crippen LogP contribution in [0, 0.1) is 0 Å². The van der Waals surface area contributed by atoms with E-state index in [1.807, 2.05) is 24.3 Å². The van der Waals surface area contributed by atoms with Gasteiger partial charge in [0.25, 0.3) is 0 Å². The van der Waals surface area contributed by atoms with Crippen molar-refractivity contribution in [2.75, 3.05) is 5.08 Å². The van der Waals surface area contributed by atoms with Crippen LogP contribution in [-0.4, -0.2) is 23.0 Å². The molecule has 0 radical (unpaired) electrons. The van der Waals surface area contributed by atoms with Crippen LogP contribution in [0.15, 0.2) is 28.6 Å². The smallest absolute Gasteiger partial charge is 0.747 e. The van der Waals surface area contributed by atoms with E-state index in [9.17, 15) is 13.0 Å². The molecule has 0 fully saturated rings. The Balaban J connectivity index is 0. The molecule has 1 aromatic carbocycles. The fourth-order valence-corrected chi connectivity index (χ4v) is 3.81. The molecule has 8 heteroatoms. The molecular formula is C10H14NNaO3S3. The molecule has 96 valence electrons. The van der Waals surface area contributed by atoms with Crippen molar-refractivity contribution < 1.29 is 42.5 Å². The monoisotopic (exact) mass is 315 g/mol. The van der Waals surface area contributed by atoms with Crippen LogP contribution in [0.4, 0.5) is 0 Å². The average molecular weight is 315 g/mol. The zero-order chi connectivity index (χ0) is 10.9. The number of nitrogens with zero attached hydrogens (tertiary/aromatic N) is 1. The topological polar surface area (TPSA) is 70.1 Å². The van der Waals surface area contributed by atoms with Crippen LogP contribution in [0.1, 0.15) is 14.9 Å². The summed E-state index contributed by atoms with van der Waals surface area (Å²) in [5, 5.41) is -0.465. The second-order valence-electron chi connectivity index (χ2n) is 2.77. The van der Waals surface area contributed by atoms with E-state index in [4.69, 9.17) is 0 Å². The molecule has 0 bridgehead atoms. The van der Waals surface area contributed by atoms with Crippen LogP contribution in [0.3, 0.4) is 0 Å². The van der Waals surface area contributed by atoms with Gasteiger partial charge in [-0.25, -0.2) is 13.4 Å². The fraction of sp³-hybridized carbons (Fsp3) is 0.300. The molecule has 1 aromatic heterocycles. The van der Waals surface area contributed by atoms with Crippen molar-refractivity contribution in [1.82, 2.24) is 4.98 Å². The van der Waals surface area contributed by atoms with Crippen LogP contribution in [0.5, 0.6) is 0 Å². The Bertz CT molecular complexity index is 550. The molecule has 0 saturated heterocycles. The first kappa shape index (κ1) is 20.7. The second kappa shape index (κ2) is 8.52. The van der Waals surface area contributed by atoms with Gasteiger partial charge in [-0.05, 0) is 12.1 Å². The molecule has 1 heterocycles. The number of thiazole rings is 1. The Hall–Kier alpha value is 0.370. The van der Waals surface area contributed by atoms with Crippen molar-refractivity contribution in [2.45, 2.75) is 19.2 Å². The third-order valence-corrected chi connectivity index (χ3v) is 5.00. The van der Waals surface area contributed by atoms with E-state index in [-0.39, 0.29) is 44.4 Å². The summed E-state index contributed by atoms with van der Waals surface area (Å²) < 4.78 is 32.9. The minimum Gasteiger partial charge on any atom is -0.747 e. The van der Waals surface area contributed by atoms with Crippen LogP contribution in [0.25, 0.3) is 10.2 Å². The standard InChI is InChI=1S/C8H7NO3S3.2CH4.Na/c10-15(11,12)5-13-8-9-6-3-1-2-4-7(6)14-8;;;/h1-4H,5H2,(H,10,11,12);2*1H4;/q;;;+1/p-1. The number of para-hydroxylation sites is 1. The number of aromatic nitrogens is 1. The quantitative estimate of drug-likeness (QED) is 0.459. The summed E-state index contributed by atoms with van der Waals surface area (Å²) in [6, 6.07) is 7.50.